The first-order chi connectivity index (χ1) is 33.0. The number of aryl methyl sites for hydroxylation is 2. The molecule has 17 nitrogen and oxygen atoms in total. The van der Waals surface area contributed by atoms with Gasteiger partial charge in [-0.05, 0) is 111 Å². The van der Waals surface area contributed by atoms with Gasteiger partial charge in [-0.15, -0.1) is 0 Å². The molecule has 6 aromatic rings. The van der Waals surface area contributed by atoms with Crippen LogP contribution in [0.2, 0.25) is 0 Å². The number of aromatic nitrogens is 2. The minimum absolute atomic E-state index is 0. The monoisotopic (exact) mass is 1010 g/mol. The molecule has 0 spiro atoms. The van der Waals surface area contributed by atoms with Crippen molar-refractivity contribution in [2.45, 2.75) is 52.4 Å². The molecule has 0 saturated heterocycles. The van der Waals surface area contributed by atoms with E-state index in [-0.39, 0.29) is 69.6 Å². The number of carbonyl (C=O) groups is 4. The van der Waals surface area contributed by atoms with E-state index in [0.29, 0.717) is 53.4 Å². The Morgan fingerprint density at radius 1 is 0.676 bits per heavy atom. The normalized spacial score (nSPS) is 11.3. The molecule has 0 aliphatic heterocycles. The maximum Gasteiger partial charge on any atom is 1.00 e. The van der Waals surface area contributed by atoms with Crippen LogP contribution in [-0.4, -0.2) is 61.4 Å². The van der Waals surface area contributed by atoms with Crippen molar-refractivity contribution in [2.75, 3.05) is 7.11 Å². The smallest absolute Gasteiger partial charge is 0.870 e. The Bertz CT molecular complexity index is 3050. The van der Waals surface area contributed by atoms with Gasteiger partial charge >= 0.3 is 42.1 Å². The number of aliphatic carboxylic acids is 1. The van der Waals surface area contributed by atoms with Gasteiger partial charge in [-0.25, -0.2) is 37.9 Å². The van der Waals surface area contributed by atoms with Crippen molar-refractivity contribution in [1.29, 1.82) is 0 Å². The number of carboxylic acids is 1. The zero-order valence-corrected chi connectivity index (χ0v) is 40.0. The first-order valence-electron chi connectivity index (χ1n) is 20.6. The summed E-state index contributed by atoms with van der Waals surface area (Å²) >= 11 is 2.28. The predicted octanol–water partition coefficient (Wildman–Crippen LogP) is 6.88. The number of hydrogen-bond donors (Lipinski definition) is 3. The molecule has 4 N–H and O–H groups in total. The predicted molar refractivity (Wildman–Crippen MR) is 252 cm³/mol. The van der Waals surface area contributed by atoms with Crippen molar-refractivity contribution in [3.8, 4) is 33.4 Å². The summed E-state index contributed by atoms with van der Waals surface area (Å²) in [4.78, 5) is 81.1. The van der Waals surface area contributed by atoms with E-state index >= 15 is 0 Å². The summed E-state index contributed by atoms with van der Waals surface area (Å²) in [6.07, 6.45) is 14.0. The summed E-state index contributed by atoms with van der Waals surface area (Å²) < 4.78 is 52.0. The van der Waals surface area contributed by atoms with E-state index in [0.717, 1.165) is 28.7 Å². The number of ether oxygens (including phenoxy) is 3. The van der Waals surface area contributed by atoms with Crippen LogP contribution in [0.1, 0.15) is 81.5 Å². The molecule has 0 bridgehead atoms. The van der Waals surface area contributed by atoms with E-state index in [4.69, 9.17) is 23.4 Å². The Morgan fingerprint density at radius 3 is 1.44 bits per heavy atom. The number of carbonyl (C=O) groups excluding carboxylic acids is 3. The van der Waals surface area contributed by atoms with E-state index < -0.39 is 63.2 Å². The Hall–Kier alpha value is -7.54. The fraction of sp³-hybridized carbons (Fsp3) is 0.184. The molecule has 366 valence electrons. The van der Waals surface area contributed by atoms with Gasteiger partial charge < -0.3 is 43.8 Å². The molecule has 0 saturated carbocycles. The Morgan fingerprint density at radius 2 is 1.07 bits per heavy atom. The summed E-state index contributed by atoms with van der Waals surface area (Å²) in [6.45, 7) is 2.99. The topological polar surface area (TPSA) is 273 Å². The number of benzene rings is 2. The molecule has 71 heavy (non-hydrogen) atoms. The number of Topliss-reactive ketones (excluding diaryl/α,β-unsaturated/α-hetero) is 2. The minimum atomic E-state index is -1.05. The van der Waals surface area contributed by atoms with Gasteiger partial charge in [0.2, 0.25) is 0 Å². The maximum atomic E-state index is 13.0. The van der Waals surface area contributed by atoms with Gasteiger partial charge in [-0.1, -0.05) is 34.8 Å². The molecule has 0 amide bonds. The Balaban J connectivity index is 0.000000365. The Labute approximate surface area is 423 Å². The van der Waals surface area contributed by atoms with Gasteiger partial charge in [0.1, 0.15) is 57.3 Å². The van der Waals surface area contributed by atoms with Crippen molar-refractivity contribution < 1.29 is 90.7 Å². The van der Waals surface area contributed by atoms with Crippen LogP contribution in [0, 0.1) is 11.6 Å². The maximum absolute atomic E-state index is 13.0. The van der Waals surface area contributed by atoms with Gasteiger partial charge in [0.05, 0.1) is 16.9 Å². The fourth-order valence-electron chi connectivity index (χ4n) is 5.87. The molecule has 0 unspecified atom stereocenters. The number of aromatic hydroxyl groups is 2. The number of unbranched alkanes of at least 4 members (excludes halogenated alkanes) is 2. The molecule has 0 aliphatic carbocycles. The zero-order chi connectivity index (χ0) is 50.0. The van der Waals surface area contributed by atoms with Crippen LogP contribution in [0.3, 0.4) is 0 Å². The van der Waals surface area contributed by atoms with Gasteiger partial charge in [0.15, 0.2) is 11.6 Å². The van der Waals surface area contributed by atoms with Crippen LogP contribution in [0.4, 0.5) is 8.78 Å². The number of hydrogen-bond acceptors (Lipinski definition) is 18. The third-order valence-electron chi connectivity index (χ3n) is 9.20. The summed E-state index contributed by atoms with van der Waals surface area (Å²) in [5.74, 6) is -3.41. The zero-order valence-electron chi connectivity index (χ0n) is 38.4. The SMILES string of the molecule is C/C(=C\c1cnc(Oc2ccc(F)cc2)s1)C(=O)c1c(O)cc(CCC/C=C/C(=O)O)oc1=O.COC(=O)/C=C/CCCc1cc(O)c(C(=O)/C(C)=C/c2cnc(Oc3ccc(F)cc3)s2)c(=O)o1.[Li+].[OH-]. The van der Waals surface area contributed by atoms with Gasteiger partial charge in [-0.2, -0.15) is 0 Å². The van der Waals surface area contributed by atoms with E-state index in [2.05, 4.69) is 14.7 Å². The molecule has 0 atom stereocenters. The second-order valence-corrected chi connectivity index (χ2v) is 16.5. The van der Waals surface area contributed by atoms with Crippen molar-refractivity contribution in [3.05, 3.63) is 173 Å². The van der Waals surface area contributed by atoms with E-state index in [9.17, 15) is 47.8 Å². The average molecular weight is 1010 g/mol. The molecule has 4 aromatic heterocycles. The second kappa shape index (κ2) is 28.2. The first-order valence-corrected chi connectivity index (χ1v) is 22.2. The second-order valence-electron chi connectivity index (χ2n) is 14.5. The molecule has 22 heteroatoms. The van der Waals surface area contributed by atoms with Crippen LogP contribution < -0.4 is 39.6 Å². The molecule has 0 fully saturated rings. The minimum Gasteiger partial charge on any atom is -0.870 e. The van der Waals surface area contributed by atoms with Gasteiger partial charge in [-0.3, -0.25) is 9.59 Å². The van der Waals surface area contributed by atoms with Gasteiger partial charge in [0, 0.05) is 49.5 Å². The first kappa shape index (κ1) is 57.8. The summed E-state index contributed by atoms with van der Waals surface area (Å²) in [5, 5.41) is 29.7. The van der Waals surface area contributed by atoms with E-state index in [1.807, 2.05) is 0 Å². The van der Waals surface area contributed by atoms with Crippen LogP contribution in [0.15, 0.2) is 127 Å². The summed E-state index contributed by atoms with van der Waals surface area (Å²) in [7, 11) is 1.28. The number of carboxylic acid groups (broad SMARTS) is 1. The number of allylic oxidation sites excluding steroid dienone is 4. The summed E-state index contributed by atoms with van der Waals surface area (Å²) in [6, 6.07) is 13.3. The number of rotatable bonds is 20. The molecular formula is C49H43F2LiN2O15S2. The number of thiazole rings is 2. The Kier molecular flexibility index (Phi) is 22.9. The van der Waals surface area contributed by atoms with E-state index in [1.54, 1.807) is 6.08 Å². The van der Waals surface area contributed by atoms with Gasteiger partial charge in [0.25, 0.3) is 10.4 Å². The molecular weight excluding hydrogens is 966 g/mol. The number of esters is 1. The van der Waals surface area contributed by atoms with Crippen molar-refractivity contribution in [1.82, 2.24) is 9.97 Å². The third kappa shape index (κ3) is 18.1. The quantitative estimate of drug-likeness (QED) is 0.0231. The van der Waals surface area contributed by atoms with Crippen LogP contribution >= 0.6 is 22.7 Å². The largest absolute Gasteiger partial charge is 1.00 e. The number of halogens is 2. The molecule has 0 radical (unpaired) electrons. The number of nitrogens with zero attached hydrogens (tertiary/aromatic N) is 2. The molecule has 6 rings (SSSR count). The van der Waals surface area contributed by atoms with Crippen LogP contribution in [0.25, 0.3) is 12.2 Å². The van der Waals surface area contributed by atoms with E-state index in [1.165, 1.54) is 118 Å². The van der Waals surface area contributed by atoms with Crippen molar-refractivity contribution in [2.24, 2.45) is 0 Å². The number of ketones is 2. The summed E-state index contributed by atoms with van der Waals surface area (Å²) in [5.41, 5.74) is -2.47. The van der Waals surface area contributed by atoms with Crippen LogP contribution in [-0.2, 0) is 27.2 Å². The molecule has 4 heterocycles. The van der Waals surface area contributed by atoms with Crippen molar-refractivity contribution >= 4 is 58.3 Å². The van der Waals surface area contributed by atoms with Crippen LogP contribution in [0.5, 0.6) is 33.4 Å². The average Bonchev–Trinajstić information content (AvgIpc) is 3.95. The third-order valence-corrected chi connectivity index (χ3v) is 10.8. The standard InChI is InChI=1S/C25H22FNO7S.C24H20FNO7S.Li.H2O/c1-15(12-19-14-27-25(35-19)34-17-10-8-16(26)9-11-17)23(30)22-20(28)13-18(33-24(22)31)6-4-3-5-7-21(29)32-2;1-14(11-18-13-26-24(34-18)33-16-9-7-15(25)8-10-16)22(30)21-19(27)12-17(32-23(21)31)5-3-2-4-6-20(28)29;;/h5,7-14,28H,3-4,6H2,1-2H3;4,6-13,27H,2-3,5H2,1H3,(H,28,29);;1H2/q;;+1;/p-1/b7-5+,15-12+;6-4+,14-11+;;. The molecule has 0 aliphatic rings. The molecule has 2 aromatic carbocycles. The fourth-order valence-corrected chi connectivity index (χ4v) is 7.44. The number of methoxy groups -OCH3 is 1. The van der Waals surface area contributed by atoms with Crippen molar-refractivity contribution in [3.63, 3.8) is 0 Å².